The van der Waals surface area contributed by atoms with Gasteiger partial charge in [-0.3, -0.25) is 0 Å². The molecule has 106 valence electrons. The standard InChI is InChI=1S/C17H14BrNO2/c1-11-2-8-14(9-3-11)19-15-10-21-17(20)16(15)12-4-6-13(18)7-5-12/h2-9,19H,10H2,1H3. The van der Waals surface area contributed by atoms with Gasteiger partial charge >= 0.3 is 5.97 Å². The maximum atomic E-state index is 12.0. The van der Waals surface area contributed by atoms with Crippen LogP contribution in [0.3, 0.4) is 0 Å². The third kappa shape index (κ3) is 3.00. The van der Waals surface area contributed by atoms with Crippen LogP contribution in [-0.2, 0) is 9.53 Å². The number of cyclic esters (lactones) is 1. The zero-order valence-corrected chi connectivity index (χ0v) is 13.1. The minimum absolute atomic E-state index is 0.276. The molecule has 3 rings (SSSR count). The number of anilines is 1. The van der Waals surface area contributed by atoms with Crippen LogP contribution >= 0.6 is 15.9 Å². The first-order valence-electron chi connectivity index (χ1n) is 6.63. The molecule has 0 bridgehead atoms. The van der Waals surface area contributed by atoms with Crippen LogP contribution in [0.1, 0.15) is 11.1 Å². The van der Waals surface area contributed by atoms with Gasteiger partial charge < -0.3 is 10.1 Å². The van der Waals surface area contributed by atoms with Crippen LogP contribution < -0.4 is 5.32 Å². The highest BCUT2D eigenvalue weighted by molar-refractivity contribution is 9.10. The molecule has 0 spiro atoms. The lowest BCUT2D eigenvalue weighted by molar-refractivity contribution is -0.134. The van der Waals surface area contributed by atoms with E-state index in [9.17, 15) is 4.79 Å². The molecule has 1 aliphatic heterocycles. The van der Waals surface area contributed by atoms with E-state index in [1.807, 2.05) is 55.5 Å². The van der Waals surface area contributed by atoms with Crippen molar-refractivity contribution in [3.8, 4) is 0 Å². The van der Waals surface area contributed by atoms with Crippen molar-refractivity contribution >= 4 is 33.2 Å². The minimum Gasteiger partial charge on any atom is -0.456 e. The number of rotatable bonds is 3. The Morgan fingerprint density at radius 2 is 1.71 bits per heavy atom. The predicted molar refractivity (Wildman–Crippen MR) is 86.8 cm³/mol. The molecule has 0 saturated heterocycles. The number of carbonyl (C=O) groups excluding carboxylic acids is 1. The summed E-state index contributed by atoms with van der Waals surface area (Å²) in [6, 6.07) is 15.7. The second-order valence-electron chi connectivity index (χ2n) is 4.93. The maximum Gasteiger partial charge on any atom is 0.341 e. The minimum atomic E-state index is -0.285. The normalized spacial score (nSPS) is 14.3. The summed E-state index contributed by atoms with van der Waals surface area (Å²) >= 11 is 3.40. The van der Waals surface area contributed by atoms with Crippen molar-refractivity contribution in [3.05, 3.63) is 69.8 Å². The first-order chi connectivity index (χ1) is 10.1. The fraction of sp³-hybridized carbons (Fsp3) is 0.118. The number of ether oxygens (including phenoxy) is 1. The monoisotopic (exact) mass is 343 g/mol. The summed E-state index contributed by atoms with van der Waals surface area (Å²) in [5.74, 6) is -0.285. The second kappa shape index (κ2) is 5.74. The summed E-state index contributed by atoms with van der Waals surface area (Å²) in [5, 5.41) is 3.28. The van der Waals surface area contributed by atoms with E-state index in [1.165, 1.54) is 5.56 Å². The molecule has 2 aromatic rings. The Morgan fingerprint density at radius 1 is 1.05 bits per heavy atom. The van der Waals surface area contributed by atoms with E-state index < -0.39 is 0 Å². The highest BCUT2D eigenvalue weighted by Gasteiger charge is 2.26. The molecule has 4 heteroatoms. The van der Waals surface area contributed by atoms with Crippen molar-refractivity contribution in [1.29, 1.82) is 0 Å². The van der Waals surface area contributed by atoms with E-state index in [0.29, 0.717) is 5.57 Å². The van der Waals surface area contributed by atoms with E-state index in [0.717, 1.165) is 21.4 Å². The van der Waals surface area contributed by atoms with Gasteiger partial charge in [-0.25, -0.2) is 4.79 Å². The first kappa shape index (κ1) is 13.9. The average molecular weight is 344 g/mol. The van der Waals surface area contributed by atoms with Gasteiger partial charge in [-0.15, -0.1) is 0 Å². The molecule has 0 radical (unpaired) electrons. The Balaban J connectivity index is 1.95. The molecular formula is C17H14BrNO2. The molecule has 0 amide bonds. The highest BCUT2D eigenvalue weighted by Crippen LogP contribution is 2.28. The average Bonchev–Trinajstić information content (AvgIpc) is 2.83. The molecule has 0 saturated carbocycles. The Labute approximate surface area is 131 Å². The van der Waals surface area contributed by atoms with Crippen molar-refractivity contribution in [2.45, 2.75) is 6.92 Å². The van der Waals surface area contributed by atoms with E-state index in [-0.39, 0.29) is 12.6 Å². The molecule has 1 aliphatic rings. The Hall–Kier alpha value is -2.07. The third-order valence-electron chi connectivity index (χ3n) is 3.33. The van der Waals surface area contributed by atoms with Gasteiger partial charge in [0.05, 0.1) is 11.3 Å². The predicted octanol–water partition coefficient (Wildman–Crippen LogP) is 4.14. The quantitative estimate of drug-likeness (QED) is 0.851. The molecule has 3 nitrogen and oxygen atoms in total. The number of carbonyl (C=O) groups is 1. The van der Waals surface area contributed by atoms with Gasteiger partial charge in [0, 0.05) is 10.2 Å². The largest absolute Gasteiger partial charge is 0.456 e. The zero-order valence-electron chi connectivity index (χ0n) is 11.5. The van der Waals surface area contributed by atoms with Crippen LogP contribution in [0, 0.1) is 6.92 Å². The third-order valence-corrected chi connectivity index (χ3v) is 3.86. The lowest BCUT2D eigenvalue weighted by Gasteiger charge is -2.08. The number of halogens is 1. The molecule has 0 unspecified atom stereocenters. The van der Waals surface area contributed by atoms with Gasteiger partial charge in [-0.1, -0.05) is 45.8 Å². The smallest absolute Gasteiger partial charge is 0.341 e. The van der Waals surface area contributed by atoms with Gasteiger partial charge in [0.15, 0.2) is 0 Å². The molecule has 0 fully saturated rings. The molecule has 0 aromatic heterocycles. The molecule has 21 heavy (non-hydrogen) atoms. The SMILES string of the molecule is Cc1ccc(NC2=C(c3ccc(Br)cc3)C(=O)OC2)cc1. The van der Waals surface area contributed by atoms with Crippen molar-refractivity contribution in [1.82, 2.24) is 0 Å². The van der Waals surface area contributed by atoms with Crippen molar-refractivity contribution in [2.75, 3.05) is 11.9 Å². The fourth-order valence-corrected chi connectivity index (χ4v) is 2.49. The number of aryl methyl sites for hydroxylation is 1. The van der Waals surface area contributed by atoms with E-state index in [2.05, 4.69) is 21.2 Å². The molecule has 1 heterocycles. The summed E-state index contributed by atoms with van der Waals surface area (Å²) in [4.78, 5) is 12.0. The summed E-state index contributed by atoms with van der Waals surface area (Å²) < 4.78 is 6.15. The Kier molecular flexibility index (Phi) is 3.80. The zero-order chi connectivity index (χ0) is 14.8. The topological polar surface area (TPSA) is 38.3 Å². The first-order valence-corrected chi connectivity index (χ1v) is 7.43. The molecule has 0 aliphatic carbocycles. The Bertz CT molecular complexity index is 703. The molecule has 2 aromatic carbocycles. The van der Waals surface area contributed by atoms with Gasteiger partial charge in [-0.2, -0.15) is 0 Å². The lowest BCUT2D eigenvalue weighted by atomic mass is 10.1. The fourth-order valence-electron chi connectivity index (χ4n) is 2.22. The number of nitrogens with one attached hydrogen (secondary N) is 1. The second-order valence-corrected chi connectivity index (χ2v) is 5.84. The Morgan fingerprint density at radius 3 is 2.38 bits per heavy atom. The summed E-state index contributed by atoms with van der Waals surface area (Å²) in [6.07, 6.45) is 0. The van der Waals surface area contributed by atoms with E-state index >= 15 is 0 Å². The van der Waals surface area contributed by atoms with E-state index in [4.69, 9.17) is 4.74 Å². The summed E-state index contributed by atoms with van der Waals surface area (Å²) in [7, 11) is 0. The number of benzene rings is 2. The van der Waals surface area contributed by atoms with Crippen LogP contribution in [0.4, 0.5) is 5.69 Å². The summed E-state index contributed by atoms with van der Waals surface area (Å²) in [5.41, 5.74) is 4.40. The van der Waals surface area contributed by atoms with Gasteiger partial charge in [-0.05, 0) is 36.8 Å². The molecular weight excluding hydrogens is 330 g/mol. The van der Waals surface area contributed by atoms with Crippen LogP contribution in [-0.4, -0.2) is 12.6 Å². The van der Waals surface area contributed by atoms with Crippen molar-refractivity contribution in [2.24, 2.45) is 0 Å². The highest BCUT2D eigenvalue weighted by atomic mass is 79.9. The van der Waals surface area contributed by atoms with Crippen LogP contribution in [0.2, 0.25) is 0 Å². The molecule has 1 N–H and O–H groups in total. The molecule has 0 atom stereocenters. The summed E-state index contributed by atoms with van der Waals surface area (Å²) in [6.45, 7) is 2.32. The van der Waals surface area contributed by atoms with Gasteiger partial charge in [0.1, 0.15) is 6.61 Å². The lowest BCUT2D eigenvalue weighted by Crippen LogP contribution is -2.03. The maximum absolute atomic E-state index is 12.0. The van der Waals surface area contributed by atoms with Gasteiger partial charge in [0.25, 0.3) is 0 Å². The van der Waals surface area contributed by atoms with Crippen molar-refractivity contribution in [3.63, 3.8) is 0 Å². The van der Waals surface area contributed by atoms with Gasteiger partial charge in [0.2, 0.25) is 0 Å². The van der Waals surface area contributed by atoms with Crippen molar-refractivity contribution < 1.29 is 9.53 Å². The van der Waals surface area contributed by atoms with Crippen LogP contribution in [0.15, 0.2) is 58.7 Å². The number of hydrogen-bond acceptors (Lipinski definition) is 3. The van der Waals surface area contributed by atoms with Crippen LogP contribution in [0.5, 0.6) is 0 Å². The number of hydrogen-bond donors (Lipinski definition) is 1. The number of esters is 1. The van der Waals surface area contributed by atoms with Crippen LogP contribution in [0.25, 0.3) is 5.57 Å². The van der Waals surface area contributed by atoms with E-state index in [1.54, 1.807) is 0 Å².